The highest BCUT2D eigenvalue weighted by molar-refractivity contribution is 5.69. The maximum Gasteiger partial charge on any atom is 0.407 e. The Morgan fingerprint density at radius 2 is 2.00 bits per heavy atom. The number of carbonyl (C=O) groups excluding carboxylic acids is 1. The van der Waals surface area contributed by atoms with Crippen molar-refractivity contribution >= 4 is 12.4 Å². The molecule has 0 saturated heterocycles. The van der Waals surface area contributed by atoms with Crippen LogP contribution in [0.25, 0.3) is 0 Å². The van der Waals surface area contributed by atoms with Crippen LogP contribution in [-0.4, -0.2) is 34.5 Å². The first-order valence-electron chi connectivity index (χ1n) is 4.78. The largest absolute Gasteiger partial charge is 0.465 e. The molecule has 4 heteroatoms. The van der Waals surface area contributed by atoms with Crippen LogP contribution in [0.5, 0.6) is 0 Å². The average Bonchev–Trinajstić information content (AvgIpc) is 2.78. The molecule has 0 spiro atoms. The van der Waals surface area contributed by atoms with Gasteiger partial charge in [-0.15, -0.1) is 0 Å². The Morgan fingerprint density at radius 3 is 2.21 bits per heavy atom. The van der Waals surface area contributed by atoms with E-state index in [2.05, 4.69) is 0 Å². The molecule has 0 aliphatic heterocycles. The van der Waals surface area contributed by atoms with Gasteiger partial charge in [-0.05, 0) is 33.6 Å². The minimum atomic E-state index is -0.953. The van der Waals surface area contributed by atoms with Crippen LogP contribution in [-0.2, 0) is 4.79 Å². The third-order valence-electron chi connectivity index (χ3n) is 2.66. The first-order chi connectivity index (χ1) is 6.31. The molecule has 0 atom stereocenters. The van der Waals surface area contributed by atoms with Crippen molar-refractivity contribution in [3.8, 4) is 0 Å². The van der Waals surface area contributed by atoms with Gasteiger partial charge in [-0.25, -0.2) is 4.79 Å². The van der Waals surface area contributed by atoms with E-state index >= 15 is 0 Å². The lowest BCUT2D eigenvalue weighted by Crippen LogP contribution is -2.48. The van der Waals surface area contributed by atoms with E-state index in [4.69, 9.17) is 5.11 Å². The number of aldehydes is 1. The number of nitrogens with zero attached hydrogens (tertiary/aromatic N) is 1. The molecule has 4 nitrogen and oxygen atoms in total. The molecule has 1 saturated carbocycles. The smallest absolute Gasteiger partial charge is 0.407 e. The van der Waals surface area contributed by atoms with Crippen molar-refractivity contribution in [3.05, 3.63) is 0 Å². The summed E-state index contributed by atoms with van der Waals surface area (Å²) in [5.41, 5.74) is -0.823. The van der Waals surface area contributed by atoms with E-state index in [1.54, 1.807) is 0 Å². The molecule has 80 valence electrons. The van der Waals surface area contributed by atoms with Crippen LogP contribution in [0.15, 0.2) is 0 Å². The Balaban J connectivity index is 2.71. The second kappa shape index (κ2) is 3.26. The lowest BCUT2D eigenvalue weighted by Gasteiger charge is -2.34. The van der Waals surface area contributed by atoms with Crippen LogP contribution in [0.2, 0.25) is 0 Å². The molecule has 0 heterocycles. The highest BCUT2D eigenvalue weighted by Crippen LogP contribution is 2.44. The molecule has 1 amide bonds. The van der Waals surface area contributed by atoms with Gasteiger partial charge in [-0.1, -0.05) is 0 Å². The zero-order chi connectivity index (χ0) is 11.0. The molecule has 0 aromatic heterocycles. The van der Waals surface area contributed by atoms with Gasteiger partial charge in [0.1, 0.15) is 6.29 Å². The minimum absolute atomic E-state index is 0.329. The number of hydrogen-bond donors (Lipinski definition) is 1. The molecule has 0 bridgehead atoms. The summed E-state index contributed by atoms with van der Waals surface area (Å²) >= 11 is 0. The Kier molecular flexibility index (Phi) is 2.56. The second-order valence-electron chi connectivity index (χ2n) is 5.02. The zero-order valence-electron chi connectivity index (χ0n) is 8.91. The predicted molar refractivity (Wildman–Crippen MR) is 52.2 cm³/mol. The van der Waals surface area contributed by atoms with Gasteiger partial charge in [0.25, 0.3) is 0 Å². The fourth-order valence-electron chi connectivity index (χ4n) is 1.38. The fourth-order valence-corrected chi connectivity index (χ4v) is 1.38. The molecule has 1 N–H and O–H groups in total. The van der Waals surface area contributed by atoms with Crippen molar-refractivity contribution in [1.29, 1.82) is 0 Å². The molecule has 0 aromatic carbocycles. The van der Waals surface area contributed by atoms with E-state index in [9.17, 15) is 9.59 Å². The summed E-state index contributed by atoms with van der Waals surface area (Å²) in [6.07, 6.45) is 1.58. The van der Waals surface area contributed by atoms with Gasteiger partial charge in [-0.2, -0.15) is 0 Å². The quantitative estimate of drug-likeness (QED) is 0.704. The Morgan fingerprint density at radius 1 is 1.50 bits per heavy atom. The molecule has 1 aliphatic carbocycles. The van der Waals surface area contributed by atoms with E-state index in [-0.39, 0.29) is 5.41 Å². The Bertz CT molecular complexity index is 251. The number of hydrogen-bond acceptors (Lipinski definition) is 2. The van der Waals surface area contributed by atoms with Crippen LogP contribution >= 0.6 is 0 Å². The van der Waals surface area contributed by atoms with E-state index in [0.29, 0.717) is 6.54 Å². The van der Waals surface area contributed by atoms with E-state index in [0.717, 1.165) is 19.1 Å². The SMILES string of the molecule is CC(C)(C)N(CC1(C=O)CC1)C(=O)O. The summed E-state index contributed by atoms with van der Waals surface area (Å²) in [6, 6.07) is 0. The molecule has 1 fully saturated rings. The predicted octanol–water partition coefficient (Wildman–Crippen LogP) is 1.74. The van der Waals surface area contributed by atoms with Crippen LogP contribution in [0.3, 0.4) is 0 Å². The van der Waals surface area contributed by atoms with Gasteiger partial charge in [0.15, 0.2) is 0 Å². The zero-order valence-corrected chi connectivity index (χ0v) is 8.91. The molecule has 1 rings (SSSR count). The second-order valence-corrected chi connectivity index (χ2v) is 5.02. The highest BCUT2D eigenvalue weighted by atomic mass is 16.4. The normalized spacial score (nSPS) is 18.8. The van der Waals surface area contributed by atoms with Gasteiger partial charge in [-0.3, -0.25) is 0 Å². The van der Waals surface area contributed by atoms with Crippen molar-refractivity contribution in [2.45, 2.75) is 39.2 Å². The van der Waals surface area contributed by atoms with Crippen LogP contribution in [0.4, 0.5) is 4.79 Å². The van der Waals surface area contributed by atoms with Crippen molar-refractivity contribution in [3.63, 3.8) is 0 Å². The number of amides is 1. The standard InChI is InChI=1S/C10H17NO3/c1-9(2,3)11(8(13)14)6-10(7-12)4-5-10/h7H,4-6H2,1-3H3,(H,13,14). The summed E-state index contributed by atoms with van der Waals surface area (Å²) in [6.45, 7) is 5.83. The number of rotatable bonds is 3. The topological polar surface area (TPSA) is 57.6 Å². The van der Waals surface area contributed by atoms with Crippen molar-refractivity contribution in [2.75, 3.05) is 6.54 Å². The fraction of sp³-hybridized carbons (Fsp3) is 0.800. The van der Waals surface area contributed by atoms with Crippen molar-refractivity contribution in [1.82, 2.24) is 4.90 Å². The summed E-state index contributed by atoms with van der Waals surface area (Å²) < 4.78 is 0. The van der Waals surface area contributed by atoms with E-state index in [1.165, 1.54) is 4.90 Å². The van der Waals surface area contributed by atoms with Gasteiger partial charge in [0, 0.05) is 17.5 Å². The Hall–Kier alpha value is -1.06. The number of carboxylic acid groups (broad SMARTS) is 1. The van der Waals surface area contributed by atoms with Crippen LogP contribution < -0.4 is 0 Å². The molecule has 1 aliphatic rings. The van der Waals surface area contributed by atoms with Crippen molar-refractivity contribution < 1.29 is 14.7 Å². The molecular formula is C10H17NO3. The maximum absolute atomic E-state index is 11.0. The lowest BCUT2D eigenvalue weighted by atomic mass is 10.0. The van der Waals surface area contributed by atoms with E-state index < -0.39 is 11.6 Å². The molecule has 0 aromatic rings. The monoisotopic (exact) mass is 199 g/mol. The highest BCUT2D eigenvalue weighted by Gasteiger charge is 2.46. The van der Waals surface area contributed by atoms with Crippen LogP contribution in [0.1, 0.15) is 33.6 Å². The van der Waals surface area contributed by atoms with Gasteiger partial charge < -0.3 is 14.8 Å². The maximum atomic E-state index is 11.0. The summed E-state index contributed by atoms with van der Waals surface area (Å²) in [5, 5.41) is 9.01. The molecule has 0 unspecified atom stereocenters. The van der Waals surface area contributed by atoms with Gasteiger partial charge in [0.2, 0.25) is 0 Å². The third-order valence-corrected chi connectivity index (χ3v) is 2.66. The van der Waals surface area contributed by atoms with Crippen molar-refractivity contribution in [2.24, 2.45) is 5.41 Å². The summed E-state index contributed by atoms with van der Waals surface area (Å²) in [7, 11) is 0. The minimum Gasteiger partial charge on any atom is -0.465 e. The van der Waals surface area contributed by atoms with Gasteiger partial charge >= 0.3 is 6.09 Å². The molecule has 0 radical (unpaired) electrons. The Labute approximate surface area is 83.9 Å². The number of carbonyl (C=O) groups is 2. The first kappa shape index (κ1) is 11.0. The average molecular weight is 199 g/mol. The van der Waals surface area contributed by atoms with Crippen LogP contribution in [0, 0.1) is 5.41 Å². The van der Waals surface area contributed by atoms with Gasteiger partial charge in [0.05, 0.1) is 0 Å². The molecular weight excluding hydrogens is 182 g/mol. The summed E-state index contributed by atoms with van der Waals surface area (Å²) in [4.78, 5) is 23.1. The summed E-state index contributed by atoms with van der Waals surface area (Å²) in [5.74, 6) is 0. The lowest BCUT2D eigenvalue weighted by molar-refractivity contribution is -0.113. The third kappa shape index (κ3) is 2.25. The molecule has 14 heavy (non-hydrogen) atoms. The van der Waals surface area contributed by atoms with E-state index in [1.807, 2.05) is 20.8 Å². The first-order valence-corrected chi connectivity index (χ1v) is 4.78.